The Bertz CT molecular complexity index is 1420. The molecule has 0 saturated carbocycles. The van der Waals surface area contributed by atoms with Gasteiger partial charge in [-0.3, -0.25) is 13.8 Å². The number of hydrogen-bond acceptors (Lipinski definition) is 5. The van der Waals surface area contributed by atoms with E-state index < -0.39 is 32.5 Å². The second kappa shape index (κ2) is 10.2. The Morgan fingerprint density at radius 2 is 1.62 bits per heavy atom. The first-order valence-electron chi connectivity index (χ1n) is 10.1. The molecule has 180 valence electrons. The van der Waals surface area contributed by atoms with Crippen molar-refractivity contribution in [1.29, 1.82) is 0 Å². The minimum atomic E-state index is -3.83. The van der Waals surface area contributed by atoms with Gasteiger partial charge in [0.2, 0.25) is 15.9 Å². The number of anilines is 3. The number of sulfonamides is 2. The van der Waals surface area contributed by atoms with Gasteiger partial charge in [0.1, 0.15) is 6.54 Å². The van der Waals surface area contributed by atoms with E-state index in [1.807, 2.05) is 26.0 Å². The smallest absolute Gasteiger partial charge is 0.261 e. The fourth-order valence-electron chi connectivity index (χ4n) is 3.13. The van der Waals surface area contributed by atoms with Crippen molar-refractivity contribution in [3.05, 3.63) is 82.3 Å². The molecule has 0 bridgehead atoms. The van der Waals surface area contributed by atoms with Crippen molar-refractivity contribution in [1.82, 2.24) is 0 Å². The van der Waals surface area contributed by atoms with Crippen LogP contribution in [0.15, 0.2) is 76.1 Å². The van der Waals surface area contributed by atoms with Gasteiger partial charge >= 0.3 is 0 Å². The van der Waals surface area contributed by atoms with Gasteiger partial charge in [0.05, 0.1) is 22.5 Å². The van der Waals surface area contributed by atoms with Crippen LogP contribution in [0.2, 0.25) is 0 Å². The average Bonchev–Trinajstić information content (AvgIpc) is 2.74. The quantitative estimate of drug-likeness (QED) is 0.423. The summed E-state index contributed by atoms with van der Waals surface area (Å²) in [6.07, 6.45) is 1.02. The fraction of sp³-hybridized carbons (Fsp3) is 0.174. The minimum Gasteiger partial charge on any atom is -0.325 e. The van der Waals surface area contributed by atoms with E-state index in [1.165, 1.54) is 24.3 Å². The van der Waals surface area contributed by atoms with E-state index in [4.69, 9.17) is 0 Å². The molecule has 34 heavy (non-hydrogen) atoms. The highest BCUT2D eigenvalue weighted by molar-refractivity contribution is 9.10. The molecule has 0 radical (unpaired) electrons. The van der Waals surface area contributed by atoms with E-state index in [-0.39, 0.29) is 4.90 Å². The van der Waals surface area contributed by atoms with Gasteiger partial charge in [0.15, 0.2) is 0 Å². The highest BCUT2D eigenvalue weighted by Crippen LogP contribution is 2.24. The van der Waals surface area contributed by atoms with Crippen molar-refractivity contribution >= 4 is 58.9 Å². The van der Waals surface area contributed by atoms with Crippen LogP contribution in [0.25, 0.3) is 0 Å². The molecule has 8 nitrogen and oxygen atoms in total. The molecule has 11 heteroatoms. The maximum atomic E-state index is 12.8. The summed E-state index contributed by atoms with van der Waals surface area (Å²) in [6.45, 7) is 3.24. The summed E-state index contributed by atoms with van der Waals surface area (Å²) in [7, 11) is -7.55. The van der Waals surface area contributed by atoms with E-state index in [1.54, 1.807) is 30.3 Å². The van der Waals surface area contributed by atoms with Gasteiger partial charge in [0, 0.05) is 10.2 Å². The van der Waals surface area contributed by atoms with Gasteiger partial charge in [-0.15, -0.1) is 0 Å². The molecular formula is C23H24BrN3O5S2. The molecule has 0 heterocycles. The largest absolute Gasteiger partial charge is 0.325 e. The van der Waals surface area contributed by atoms with Gasteiger partial charge in [-0.05, 0) is 73.5 Å². The molecule has 1 amide bonds. The molecule has 3 rings (SSSR count). The van der Waals surface area contributed by atoms with Crippen molar-refractivity contribution in [2.24, 2.45) is 0 Å². The predicted molar refractivity (Wildman–Crippen MR) is 138 cm³/mol. The Kier molecular flexibility index (Phi) is 7.69. The average molecular weight is 566 g/mol. The molecule has 0 spiro atoms. The molecule has 0 saturated heterocycles. The van der Waals surface area contributed by atoms with Crippen LogP contribution < -0.4 is 14.3 Å². The topological polar surface area (TPSA) is 113 Å². The van der Waals surface area contributed by atoms with Crippen molar-refractivity contribution in [3.63, 3.8) is 0 Å². The zero-order valence-corrected chi connectivity index (χ0v) is 22.0. The van der Waals surface area contributed by atoms with Crippen LogP contribution in [-0.2, 0) is 24.8 Å². The monoisotopic (exact) mass is 565 g/mol. The van der Waals surface area contributed by atoms with Crippen LogP contribution in [-0.4, -0.2) is 35.5 Å². The van der Waals surface area contributed by atoms with Crippen molar-refractivity contribution < 1.29 is 21.6 Å². The maximum absolute atomic E-state index is 12.8. The second-order valence-corrected chi connectivity index (χ2v) is 12.3. The molecule has 2 N–H and O–H groups in total. The lowest BCUT2D eigenvalue weighted by atomic mass is 10.1. The first-order chi connectivity index (χ1) is 15.8. The van der Waals surface area contributed by atoms with Crippen LogP contribution in [0, 0.1) is 13.8 Å². The predicted octanol–water partition coefficient (Wildman–Crippen LogP) is 4.27. The molecule has 0 fully saturated rings. The molecule has 0 unspecified atom stereocenters. The number of carbonyl (C=O) groups excluding carboxylic acids is 1. The number of benzene rings is 3. The standard InChI is InChI=1S/C23H24BrN3O5S2/c1-16-7-8-17(2)22(13-16)26-34(31,32)21-11-9-19(10-12-21)25-23(28)15-27(33(3,29)30)20-6-4-5-18(24)14-20/h4-14,26H,15H2,1-3H3,(H,25,28). The molecule has 0 aliphatic rings. The lowest BCUT2D eigenvalue weighted by Crippen LogP contribution is -2.37. The number of hydrogen-bond donors (Lipinski definition) is 2. The van der Waals surface area contributed by atoms with E-state index in [2.05, 4.69) is 26.0 Å². The van der Waals surface area contributed by atoms with Gasteiger partial charge in [-0.2, -0.15) is 0 Å². The number of halogens is 1. The second-order valence-electron chi connectivity index (χ2n) is 7.75. The van der Waals surface area contributed by atoms with Crippen LogP contribution in [0.1, 0.15) is 11.1 Å². The Morgan fingerprint density at radius 3 is 2.24 bits per heavy atom. The number of aryl methyl sites for hydroxylation is 2. The summed E-state index contributed by atoms with van der Waals surface area (Å²) in [6, 6.07) is 17.7. The summed E-state index contributed by atoms with van der Waals surface area (Å²) in [5, 5.41) is 2.60. The van der Waals surface area contributed by atoms with Crippen LogP contribution >= 0.6 is 15.9 Å². The normalized spacial score (nSPS) is 11.6. The van der Waals surface area contributed by atoms with Gasteiger partial charge < -0.3 is 5.32 Å². The lowest BCUT2D eigenvalue weighted by molar-refractivity contribution is -0.114. The van der Waals surface area contributed by atoms with Crippen molar-refractivity contribution in [2.45, 2.75) is 18.7 Å². The molecule has 0 aliphatic carbocycles. The highest BCUT2D eigenvalue weighted by Gasteiger charge is 2.21. The van der Waals surface area contributed by atoms with E-state index >= 15 is 0 Å². The number of nitrogens with zero attached hydrogens (tertiary/aromatic N) is 1. The zero-order valence-electron chi connectivity index (χ0n) is 18.7. The van der Waals surface area contributed by atoms with E-state index in [0.29, 0.717) is 21.5 Å². The Labute approximate surface area is 208 Å². The lowest BCUT2D eigenvalue weighted by Gasteiger charge is -2.22. The SMILES string of the molecule is Cc1ccc(C)c(NS(=O)(=O)c2ccc(NC(=O)CN(c3cccc(Br)c3)S(C)(=O)=O)cc2)c1. The van der Waals surface area contributed by atoms with Crippen molar-refractivity contribution in [3.8, 4) is 0 Å². The molecule has 0 aromatic heterocycles. The maximum Gasteiger partial charge on any atom is 0.261 e. The van der Waals surface area contributed by atoms with E-state index in [9.17, 15) is 21.6 Å². The van der Waals surface area contributed by atoms with Crippen LogP contribution in [0.4, 0.5) is 17.1 Å². The van der Waals surface area contributed by atoms with E-state index in [0.717, 1.165) is 21.7 Å². The Morgan fingerprint density at radius 1 is 0.941 bits per heavy atom. The first kappa shape index (κ1) is 25.7. The Hall–Kier alpha value is -2.89. The summed E-state index contributed by atoms with van der Waals surface area (Å²) in [4.78, 5) is 12.6. The third-order valence-electron chi connectivity index (χ3n) is 4.87. The molecule has 3 aromatic carbocycles. The molecule has 0 aliphatic heterocycles. The third kappa shape index (κ3) is 6.58. The van der Waals surface area contributed by atoms with Crippen LogP contribution in [0.3, 0.4) is 0 Å². The fourth-order valence-corrected chi connectivity index (χ4v) is 5.49. The summed E-state index contributed by atoms with van der Waals surface area (Å²) < 4.78 is 54.2. The molecule has 0 atom stereocenters. The summed E-state index contributed by atoms with van der Waals surface area (Å²) in [5.74, 6) is -0.575. The number of nitrogens with one attached hydrogen (secondary N) is 2. The van der Waals surface area contributed by atoms with Crippen molar-refractivity contribution in [2.75, 3.05) is 27.1 Å². The Balaban J connectivity index is 1.73. The molecular weight excluding hydrogens is 542 g/mol. The van der Waals surface area contributed by atoms with Crippen LogP contribution in [0.5, 0.6) is 0 Å². The highest BCUT2D eigenvalue weighted by atomic mass is 79.9. The van der Waals surface area contributed by atoms with Gasteiger partial charge in [-0.25, -0.2) is 16.8 Å². The number of carbonyl (C=O) groups is 1. The minimum absolute atomic E-state index is 0.0262. The van der Waals surface area contributed by atoms with Gasteiger partial charge in [0.25, 0.3) is 10.0 Å². The third-order valence-corrected chi connectivity index (χ3v) is 7.88. The summed E-state index contributed by atoms with van der Waals surface area (Å²) in [5.41, 5.74) is 2.88. The van der Waals surface area contributed by atoms with Gasteiger partial charge in [-0.1, -0.05) is 34.1 Å². The first-order valence-corrected chi connectivity index (χ1v) is 14.2. The zero-order chi connectivity index (χ0) is 25.1. The number of rotatable bonds is 8. The molecule has 3 aromatic rings. The summed E-state index contributed by atoms with van der Waals surface area (Å²) >= 11 is 3.29. The number of amides is 1.